The van der Waals surface area contributed by atoms with E-state index in [1.165, 1.54) is 11.3 Å². The summed E-state index contributed by atoms with van der Waals surface area (Å²) in [6.07, 6.45) is 2.30. The van der Waals surface area contributed by atoms with Crippen molar-refractivity contribution in [2.45, 2.75) is 18.7 Å². The van der Waals surface area contributed by atoms with Crippen LogP contribution in [0.2, 0.25) is 5.02 Å². The molecule has 0 spiro atoms. The van der Waals surface area contributed by atoms with Gasteiger partial charge in [-0.05, 0) is 42.2 Å². The zero-order valence-corrected chi connectivity index (χ0v) is 12.1. The van der Waals surface area contributed by atoms with E-state index in [0.717, 1.165) is 35.7 Å². The van der Waals surface area contributed by atoms with Crippen molar-refractivity contribution in [3.8, 4) is 0 Å². The summed E-state index contributed by atoms with van der Waals surface area (Å²) in [4.78, 5) is 2.30. The van der Waals surface area contributed by atoms with Crippen LogP contribution in [-0.4, -0.2) is 6.54 Å². The van der Waals surface area contributed by atoms with Crippen LogP contribution in [0, 0.1) is 0 Å². The number of hydrogen-bond donors (Lipinski definition) is 0. The van der Waals surface area contributed by atoms with E-state index in [4.69, 9.17) is 23.2 Å². The number of hydrogen-bond acceptors (Lipinski definition) is 1. The van der Waals surface area contributed by atoms with Crippen LogP contribution < -0.4 is 4.90 Å². The fraction of sp³-hybridized carbons (Fsp3) is 0.250. The SMILES string of the molecule is ClCc1ccc(N2CCCc3ccccc32)c(Cl)c1. The molecule has 1 nitrogen and oxygen atoms in total. The van der Waals surface area contributed by atoms with E-state index in [0.29, 0.717) is 5.88 Å². The van der Waals surface area contributed by atoms with Gasteiger partial charge in [-0.1, -0.05) is 35.9 Å². The molecule has 3 heteroatoms. The summed E-state index contributed by atoms with van der Waals surface area (Å²) >= 11 is 12.3. The first kappa shape index (κ1) is 12.8. The van der Waals surface area contributed by atoms with Gasteiger partial charge in [0, 0.05) is 18.1 Å². The number of alkyl halides is 1. The number of halogens is 2. The van der Waals surface area contributed by atoms with Crippen molar-refractivity contribution in [3.63, 3.8) is 0 Å². The van der Waals surface area contributed by atoms with Gasteiger partial charge in [0.25, 0.3) is 0 Å². The van der Waals surface area contributed by atoms with Crippen molar-refractivity contribution in [1.29, 1.82) is 0 Å². The van der Waals surface area contributed by atoms with E-state index >= 15 is 0 Å². The molecule has 0 unspecified atom stereocenters. The summed E-state index contributed by atoms with van der Waals surface area (Å²) in [5.74, 6) is 0.497. The number of para-hydroxylation sites is 1. The van der Waals surface area contributed by atoms with E-state index in [1.54, 1.807) is 0 Å². The highest BCUT2D eigenvalue weighted by Crippen LogP contribution is 2.37. The van der Waals surface area contributed by atoms with E-state index in [-0.39, 0.29) is 0 Å². The molecule has 0 amide bonds. The van der Waals surface area contributed by atoms with Crippen LogP contribution in [0.3, 0.4) is 0 Å². The largest absolute Gasteiger partial charge is 0.340 e. The van der Waals surface area contributed by atoms with Gasteiger partial charge < -0.3 is 4.90 Å². The first-order valence-corrected chi connectivity index (χ1v) is 7.40. The van der Waals surface area contributed by atoms with Crippen molar-refractivity contribution in [3.05, 3.63) is 58.6 Å². The summed E-state index contributed by atoms with van der Waals surface area (Å²) in [6, 6.07) is 14.6. The Morgan fingerprint density at radius 1 is 1.05 bits per heavy atom. The van der Waals surface area contributed by atoms with Crippen molar-refractivity contribution in [2.75, 3.05) is 11.4 Å². The van der Waals surface area contributed by atoms with Crippen LogP contribution in [0.5, 0.6) is 0 Å². The third-order valence-electron chi connectivity index (χ3n) is 3.57. The van der Waals surface area contributed by atoms with Crippen LogP contribution in [0.25, 0.3) is 0 Å². The maximum atomic E-state index is 6.41. The van der Waals surface area contributed by atoms with Crippen LogP contribution in [0.15, 0.2) is 42.5 Å². The molecular formula is C16H15Cl2N. The Bertz CT molecular complexity index is 595. The van der Waals surface area contributed by atoms with Gasteiger partial charge >= 0.3 is 0 Å². The Labute approximate surface area is 123 Å². The standard InChI is InChI=1S/C16H15Cl2N/c17-11-12-7-8-16(14(18)10-12)19-9-3-5-13-4-1-2-6-15(13)19/h1-2,4,6-8,10H,3,5,9,11H2. The lowest BCUT2D eigenvalue weighted by Crippen LogP contribution is -2.24. The molecule has 3 rings (SSSR count). The van der Waals surface area contributed by atoms with Crippen LogP contribution in [-0.2, 0) is 12.3 Å². The molecule has 0 saturated carbocycles. The molecule has 1 heterocycles. The average molecular weight is 292 g/mol. The molecular weight excluding hydrogens is 277 g/mol. The predicted octanol–water partition coefficient (Wildman–Crippen LogP) is 5.16. The zero-order valence-electron chi connectivity index (χ0n) is 10.6. The number of rotatable bonds is 2. The van der Waals surface area contributed by atoms with Gasteiger partial charge in [0.1, 0.15) is 0 Å². The Morgan fingerprint density at radius 2 is 1.89 bits per heavy atom. The number of nitrogens with zero attached hydrogens (tertiary/aromatic N) is 1. The van der Waals surface area contributed by atoms with Gasteiger partial charge in [0.05, 0.1) is 10.7 Å². The number of fused-ring (bicyclic) bond motifs is 1. The number of anilines is 2. The molecule has 0 bridgehead atoms. The third-order valence-corrected chi connectivity index (χ3v) is 4.18. The minimum Gasteiger partial charge on any atom is -0.340 e. The first-order valence-electron chi connectivity index (χ1n) is 6.49. The molecule has 0 N–H and O–H groups in total. The minimum atomic E-state index is 0.497. The van der Waals surface area contributed by atoms with Gasteiger partial charge in [0.2, 0.25) is 0 Å². The summed E-state index contributed by atoms with van der Waals surface area (Å²) in [7, 11) is 0. The number of benzene rings is 2. The Hall–Kier alpha value is -1.18. The van der Waals surface area contributed by atoms with Crippen molar-refractivity contribution < 1.29 is 0 Å². The topological polar surface area (TPSA) is 3.24 Å². The number of aryl methyl sites for hydroxylation is 1. The highest BCUT2D eigenvalue weighted by molar-refractivity contribution is 6.33. The molecule has 0 aromatic heterocycles. The summed E-state index contributed by atoms with van der Waals surface area (Å²) in [6.45, 7) is 1.01. The zero-order chi connectivity index (χ0) is 13.2. The van der Waals surface area contributed by atoms with E-state index in [9.17, 15) is 0 Å². The van der Waals surface area contributed by atoms with E-state index in [2.05, 4.69) is 35.2 Å². The van der Waals surface area contributed by atoms with Crippen molar-refractivity contribution >= 4 is 34.6 Å². The van der Waals surface area contributed by atoms with E-state index < -0.39 is 0 Å². The molecule has 2 aromatic carbocycles. The summed E-state index contributed by atoms with van der Waals surface area (Å²) < 4.78 is 0. The summed E-state index contributed by atoms with van der Waals surface area (Å²) in [5, 5.41) is 0.773. The second-order valence-corrected chi connectivity index (χ2v) is 5.48. The Balaban J connectivity index is 2.04. The lowest BCUT2D eigenvalue weighted by molar-refractivity contribution is 0.767. The molecule has 2 aromatic rings. The third kappa shape index (κ3) is 2.45. The molecule has 1 aliphatic rings. The normalized spacial score (nSPS) is 14.3. The molecule has 0 saturated heterocycles. The fourth-order valence-corrected chi connectivity index (χ4v) is 3.11. The van der Waals surface area contributed by atoms with Gasteiger partial charge in [-0.15, -0.1) is 11.6 Å². The maximum Gasteiger partial charge on any atom is 0.0646 e. The lowest BCUT2D eigenvalue weighted by atomic mass is 10.0. The van der Waals surface area contributed by atoms with Crippen molar-refractivity contribution in [2.24, 2.45) is 0 Å². The summed E-state index contributed by atoms with van der Waals surface area (Å²) in [5.41, 5.74) is 4.80. The molecule has 19 heavy (non-hydrogen) atoms. The average Bonchev–Trinajstić information content (AvgIpc) is 2.46. The van der Waals surface area contributed by atoms with Gasteiger partial charge in [-0.2, -0.15) is 0 Å². The predicted molar refractivity (Wildman–Crippen MR) is 82.8 cm³/mol. The monoisotopic (exact) mass is 291 g/mol. The molecule has 0 atom stereocenters. The van der Waals surface area contributed by atoms with Gasteiger partial charge in [-0.25, -0.2) is 0 Å². The van der Waals surface area contributed by atoms with Crippen molar-refractivity contribution in [1.82, 2.24) is 0 Å². The van der Waals surface area contributed by atoms with Crippen LogP contribution in [0.1, 0.15) is 17.5 Å². The second-order valence-electron chi connectivity index (χ2n) is 4.80. The highest BCUT2D eigenvalue weighted by atomic mass is 35.5. The fourth-order valence-electron chi connectivity index (χ4n) is 2.64. The Kier molecular flexibility index (Phi) is 3.67. The van der Waals surface area contributed by atoms with E-state index in [1.807, 2.05) is 12.1 Å². The highest BCUT2D eigenvalue weighted by Gasteiger charge is 2.19. The molecule has 0 radical (unpaired) electrons. The van der Waals surface area contributed by atoms with Crippen LogP contribution >= 0.6 is 23.2 Å². The maximum absolute atomic E-state index is 6.41. The van der Waals surface area contributed by atoms with Crippen LogP contribution in [0.4, 0.5) is 11.4 Å². The second kappa shape index (κ2) is 5.44. The quantitative estimate of drug-likeness (QED) is 0.691. The van der Waals surface area contributed by atoms with Gasteiger partial charge in [0.15, 0.2) is 0 Å². The molecule has 98 valence electrons. The van der Waals surface area contributed by atoms with Gasteiger partial charge in [-0.3, -0.25) is 0 Å². The molecule has 0 aliphatic carbocycles. The molecule has 0 fully saturated rings. The Morgan fingerprint density at radius 3 is 2.68 bits per heavy atom. The lowest BCUT2D eigenvalue weighted by Gasteiger charge is -2.32. The minimum absolute atomic E-state index is 0.497. The first-order chi connectivity index (χ1) is 9.29. The smallest absolute Gasteiger partial charge is 0.0646 e. The molecule has 1 aliphatic heterocycles.